The highest BCUT2D eigenvalue weighted by molar-refractivity contribution is 6.31. The Bertz CT molecular complexity index is 540. The van der Waals surface area contributed by atoms with Crippen molar-refractivity contribution < 1.29 is 9.53 Å². The number of benzene rings is 1. The third-order valence-corrected chi connectivity index (χ3v) is 4.10. The van der Waals surface area contributed by atoms with Crippen LogP contribution in [0.4, 0.5) is 10.5 Å². The number of carbonyl (C=O) groups excluding carboxylic acids is 1. The number of hydrogen-bond acceptors (Lipinski definition) is 4. The zero-order valence-corrected chi connectivity index (χ0v) is 14.2. The number of ether oxygens (including phenoxy) is 1. The second kappa shape index (κ2) is 7.20. The maximum Gasteiger partial charge on any atom is 0.410 e. The minimum Gasteiger partial charge on any atom is -0.447 e. The largest absolute Gasteiger partial charge is 0.447 e. The number of rotatable bonds is 3. The lowest BCUT2D eigenvalue weighted by Gasteiger charge is -2.34. The number of halogens is 1. The molecule has 0 spiro atoms. The van der Waals surface area contributed by atoms with Gasteiger partial charge in [-0.05, 0) is 44.0 Å². The first-order chi connectivity index (χ1) is 10.4. The average molecular weight is 326 g/mol. The van der Waals surface area contributed by atoms with Gasteiger partial charge in [-0.3, -0.25) is 4.90 Å². The summed E-state index contributed by atoms with van der Waals surface area (Å²) in [5.74, 6) is 0. The van der Waals surface area contributed by atoms with Crippen molar-refractivity contribution in [2.45, 2.75) is 33.4 Å². The third kappa shape index (κ3) is 4.27. The smallest absolute Gasteiger partial charge is 0.410 e. The molecule has 0 atom stereocenters. The molecule has 6 heteroatoms. The Morgan fingerprint density at radius 1 is 1.32 bits per heavy atom. The van der Waals surface area contributed by atoms with Crippen LogP contribution in [0.2, 0.25) is 5.02 Å². The predicted octanol–water partition coefficient (Wildman–Crippen LogP) is 2.89. The van der Waals surface area contributed by atoms with Crippen molar-refractivity contribution in [1.82, 2.24) is 9.80 Å². The van der Waals surface area contributed by atoms with Crippen LogP contribution < -0.4 is 5.73 Å². The van der Waals surface area contributed by atoms with Crippen LogP contribution in [0.15, 0.2) is 12.1 Å². The molecule has 22 heavy (non-hydrogen) atoms. The van der Waals surface area contributed by atoms with E-state index in [1.165, 1.54) is 0 Å². The monoisotopic (exact) mass is 325 g/mol. The van der Waals surface area contributed by atoms with Gasteiger partial charge in [0, 0.05) is 43.4 Å². The molecule has 1 fully saturated rings. The summed E-state index contributed by atoms with van der Waals surface area (Å²) in [4.78, 5) is 15.9. The van der Waals surface area contributed by atoms with Crippen molar-refractivity contribution in [3.63, 3.8) is 0 Å². The van der Waals surface area contributed by atoms with E-state index in [0.29, 0.717) is 18.1 Å². The van der Waals surface area contributed by atoms with E-state index in [9.17, 15) is 4.79 Å². The van der Waals surface area contributed by atoms with Crippen LogP contribution in [0, 0.1) is 6.92 Å². The van der Waals surface area contributed by atoms with E-state index in [-0.39, 0.29) is 12.2 Å². The number of amides is 1. The van der Waals surface area contributed by atoms with E-state index in [0.717, 1.165) is 36.4 Å². The van der Waals surface area contributed by atoms with E-state index in [1.54, 1.807) is 11.0 Å². The van der Waals surface area contributed by atoms with Crippen LogP contribution in [-0.4, -0.2) is 48.2 Å². The molecule has 1 aliphatic heterocycles. The third-order valence-electron chi connectivity index (χ3n) is 3.88. The molecule has 1 aromatic carbocycles. The maximum absolute atomic E-state index is 11.9. The van der Waals surface area contributed by atoms with Gasteiger partial charge in [0.1, 0.15) is 0 Å². The predicted molar refractivity (Wildman–Crippen MR) is 89.1 cm³/mol. The second-order valence-electron chi connectivity index (χ2n) is 5.97. The summed E-state index contributed by atoms with van der Waals surface area (Å²) in [5.41, 5.74) is 8.90. The highest BCUT2D eigenvalue weighted by Crippen LogP contribution is 2.24. The second-order valence-corrected chi connectivity index (χ2v) is 6.41. The Morgan fingerprint density at radius 2 is 1.95 bits per heavy atom. The maximum atomic E-state index is 11.9. The first kappa shape index (κ1) is 16.9. The van der Waals surface area contributed by atoms with E-state index in [1.807, 2.05) is 26.8 Å². The minimum atomic E-state index is -0.224. The lowest BCUT2D eigenvalue weighted by atomic mass is 10.1. The van der Waals surface area contributed by atoms with Gasteiger partial charge in [0.25, 0.3) is 0 Å². The number of piperazine rings is 1. The molecule has 1 heterocycles. The van der Waals surface area contributed by atoms with Gasteiger partial charge in [0.05, 0.1) is 6.10 Å². The number of nitrogens with zero attached hydrogens (tertiary/aromatic N) is 2. The van der Waals surface area contributed by atoms with Gasteiger partial charge >= 0.3 is 6.09 Å². The number of hydrogen-bond donors (Lipinski definition) is 1. The summed E-state index contributed by atoms with van der Waals surface area (Å²) in [6.45, 7) is 9.53. The molecule has 1 saturated heterocycles. The topological polar surface area (TPSA) is 58.8 Å². The van der Waals surface area contributed by atoms with E-state index in [2.05, 4.69) is 4.90 Å². The number of anilines is 1. The van der Waals surface area contributed by atoms with Gasteiger partial charge in [0.15, 0.2) is 0 Å². The van der Waals surface area contributed by atoms with Gasteiger partial charge < -0.3 is 15.4 Å². The standard InChI is InChI=1S/C16H24ClN3O2/c1-11(2)22-16(21)20-6-4-19(5-7-20)10-13-8-14(17)9-15(18)12(13)3/h8-9,11H,4-7,10,18H2,1-3H3. The molecule has 0 bridgehead atoms. The van der Waals surface area contributed by atoms with Crippen LogP contribution in [0.25, 0.3) is 0 Å². The summed E-state index contributed by atoms with van der Waals surface area (Å²) in [6, 6.07) is 3.74. The molecule has 122 valence electrons. The van der Waals surface area contributed by atoms with Crippen LogP contribution in [0.3, 0.4) is 0 Å². The SMILES string of the molecule is Cc1c(N)cc(Cl)cc1CN1CCN(C(=O)OC(C)C)CC1. The lowest BCUT2D eigenvalue weighted by Crippen LogP contribution is -2.48. The Kier molecular flexibility index (Phi) is 5.53. The molecular formula is C16H24ClN3O2. The van der Waals surface area contributed by atoms with Crippen molar-refractivity contribution in [1.29, 1.82) is 0 Å². The van der Waals surface area contributed by atoms with Gasteiger partial charge in [0.2, 0.25) is 0 Å². The first-order valence-corrected chi connectivity index (χ1v) is 7.97. The summed E-state index contributed by atoms with van der Waals surface area (Å²) >= 11 is 6.08. The van der Waals surface area contributed by atoms with Gasteiger partial charge in [-0.25, -0.2) is 4.79 Å². The van der Waals surface area contributed by atoms with Crippen molar-refractivity contribution in [2.75, 3.05) is 31.9 Å². The normalized spacial score (nSPS) is 16.1. The molecule has 0 aliphatic carbocycles. The summed E-state index contributed by atoms with van der Waals surface area (Å²) in [5, 5.41) is 0.664. The van der Waals surface area contributed by atoms with E-state index in [4.69, 9.17) is 22.1 Å². The Labute approximate surface area is 137 Å². The molecule has 2 N–H and O–H groups in total. The van der Waals surface area contributed by atoms with Crippen molar-refractivity contribution >= 4 is 23.4 Å². The summed E-state index contributed by atoms with van der Waals surface area (Å²) in [7, 11) is 0. The molecule has 0 aromatic heterocycles. The molecule has 1 amide bonds. The molecule has 0 unspecified atom stereocenters. The molecular weight excluding hydrogens is 302 g/mol. The van der Waals surface area contributed by atoms with Crippen LogP contribution >= 0.6 is 11.6 Å². The zero-order chi connectivity index (χ0) is 16.3. The molecule has 2 rings (SSSR count). The number of nitrogens with two attached hydrogens (primary N) is 1. The van der Waals surface area contributed by atoms with Crippen molar-refractivity contribution in [3.8, 4) is 0 Å². The van der Waals surface area contributed by atoms with E-state index >= 15 is 0 Å². The van der Waals surface area contributed by atoms with Crippen molar-refractivity contribution in [3.05, 3.63) is 28.3 Å². The number of carbonyl (C=O) groups is 1. The molecule has 1 aliphatic rings. The van der Waals surface area contributed by atoms with E-state index < -0.39 is 0 Å². The Morgan fingerprint density at radius 3 is 2.55 bits per heavy atom. The minimum absolute atomic E-state index is 0.0809. The summed E-state index contributed by atoms with van der Waals surface area (Å²) < 4.78 is 5.23. The highest BCUT2D eigenvalue weighted by Gasteiger charge is 2.23. The molecule has 0 radical (unpaired) electrons. The fourth-order valence-electron chi connectivity index (χ4n) is 2.53. The fourth-order valence-corrected chi connectivity index (χ4v) is 2.78. The molecule has 1 aromatic rings. The average Bonchev–Trinajstić information content (AvgIpc) is 2.44. The lowest BCUT2D eigenvalue weighted by molar-refractivity contribution is 0.0559. The fraction of sp³-hybridized carbons (Fsp3) is 0.562. The summed E-state index contributed by atoms with van der Waals surface area (Å²) in [6.07, 6.45) is -0.305. The Balaban J connectivity index is 1.92. The quantitative estimate of drug-likeness (QED) is 0.868. The van der Waals surface area contributed by atoms with Crippen LogP contribution in [0.5, 0.6) is 0 Å². The first-order valence-electron chi connectivity index (χ1n) is 7.59. The van der Waals surface area contributed by atoms with Crippen LogP contribution in [0.1, 0.15) is 25.0 Å². The Hall–Kier alpha value is -1.46. The van der Waals surface area contributed by atoms with Gasteiger partial charge in [-0.15, -0.1) is 0 Å². The van der Waals surface area contributed by atoms with Gasteiger partial charge in [-0.2, -0.15) is 0 Å². The van der Waals surface area contributed by atoms with Crippen molar-refractivity contribution in [2.24, 2.45) is 0 Å². The zero-order valence-electron chi connectivity index (χ0n) is 13.4. The highest BCUT2D eigenvalue weighted by atomic mass is 35.5. The van der Waals surface area contributed by atoms with Crippen LogP contribution in [-0.2, 0) is 11.3 Å². The van der Waals surface area contributed by atoms with Gasteiger partial charge in [-0.1, -0.05) is 11.6 Å². The molecule has 5 nitrogen and oxygen atoms in total. The molecule has 0 saturated carbocycles. The number of nitrogen functional groups attached to an aromatic ring is 1.